The second-order valence-corrected chi connectivity index (χ2v) is 13.2. The van der Waals surface area contributed by atoms with Crippen LogP contribution in [0.15, 0.2) is 42.5 Å². The first kappa shape index (κ1) is 30.1. The van der Waals surface area contributed by atoms with Gasteiger partial charge in [-0.25, -0.2) is 9.18 Å². The number of hydrogen-bond donors (Lipinski definition) is 1. The fourth-order valence-corrected chi connectivity index (χ4v) is 7.59. The Balaban J connectivity index is 1.19. The van der Waals surface area contributed by atoms with Crippen LogP contribution in [0.5, 0.6) is 5.75 Å². The van der Waals surface area contributed by atoms with E-state index in [0.29, 0.717) is 48.9 Å². The van der Waals surface area contributed by atoms with Crippen molar-refractivity contribution in [3.05, 3.63) is 75.0 Å². The molecule has 0 aliphatic carbocycles. The highest BCUT2D eigenvalue weighted by Gasteiger charge is 2.40. The molecule has 2 unspecified atom stereocenters. The Kier molecular flexibility index (Phi) is 7.59. The van der Waals surface area contributed by atoms with Crippen LogP contribution in [0.25, 0.3) is 11.1 Å². The fraction of sp³-hybridized carbons (Fsp3) is 0.394. The van der Waals surface area contributed by atoms with Gasteiger partial charge in [0.2, 0.25) is 0 Å². The van der Waals surface area contributed by atoms with Crippen molar-refractivity contribution in [2.75, 3.05) is 49.9 Å². The summed E-state index contributed by atoms with van der Waals surface area (Å²) in [6.07, 6.45) is 1.84. The summed E-state index contributed by atoms with van der Waals surface area (Å²) in [4.78, 5) is 32.0. The van der Waals surface area contributed by atoms with Gasteiger partial charge in [-0.15, -0.1) is 0 Å². The number of nitrogens with zero attached hydrogens (tertiary/aromatic N) is 3. The van der Waals surface area contributed by atoms with Gasteiger partial charge >= 0.3 is 5.97 Å². The molecule has 7 rings (SSSR count). The van der Waals surface area contributed by atoms with E-state index in [2.05, 4.69) is 4.90 Å². The quantitative estimate of drug-likeness (QED) is 0.360. The molecular formula is C33H32Cl2FN3O6. The molecule has 0 radical (unpaired) electrons. The molecule has 236 valence electrons. The summed E-state index contributed by atoms with van der Waals surface area (Å²) >= 11 is 13.1. The van der Waals surface area contributed by atoms with Gasteiger partial charge in [0.05, 0.1) is 71.4 Å². The first-order valence-electron chi connectivity index (χ1n) is 14.8. The maximum atomic E-state index is 15.8. The number of fused-ring (bicyclic) bond motifs is 3. The van der Waals surface area contributed by atoms with Gasteiger partial charge in [0, 0.05) is 35.5 Å². The molecule has 2 atom stereocenters. The normalized spacial score (nSPS) is 21.6. The third-order valence-corrected chi connectivity index (χ3v) is 9.67. The van der Waals surface area contributed by atoms with Crippen molar-refractivity contribution >= 4 is 46.5 Å². The molecule has 9 nitrogen and oxygen atoms in total. The smallest absolute Gasteiger partial charge is 0.340 e. The van der Waals surface area contributed by atoms with E-state index in [-0.39, 0.29) is 52.1 Å². The Bertz CT molecular complexity index is 1670. The van der Waals surface area contributed by atoms with Crippen molar-refractivity contribution < 1.29 is 33.3 Å². The monoisotopic (exact) mass is 655 g/mol. The summed E-state index contributed by atoms with van der Waals surface area (Å²) in [5.41, 5.74) is 2.36. The molecule has 12 heteroatoms. The number of halogens is 3. The fourth-order valence-electron chi connectivity index (χ4n) is 6.96. The predicted octanol–water partition coefficient (Wildman–Crippen LogP) is 5.52. The number of carbonyl (C=O) groups is 2. The van der Waals surface area contributed by atoms with E-state index >= 15 is 4.39 Å². The highest BCUT2D eigenvalue weighted by atomic mass is 35.5. The highest BCUT2D eigenvalue weighted by molar-refractivity contribution is 6.40. The van der Waals surface area contributed by atoms with Gasteiger partial charge in [0.1, 0.15) is 11.6 Å². The molecule has 0 spiro atoms. The van der Waals surface area contributed by atoms with E-state index in [4.69, 9.17) is 37.4 Å². The lowest BCUT2D eigenvalue weighted by Gasteiger charge is -2.46. The van der Waals surface area contributed by atoms with Crippen molar-refractivity contribution in [1.82, 2.24) is 4.90 Å². The number of rotatable bonds is 5. The van der Waals surface area contributed by atoms with Gasteiger partial charge in [-0.3, -0.25) is 4.79 Å². The Labute approximate surface area is 270 Å². The lowest BCUT2D eigenvalue weighted by Crippen LogP contribution is -2.60. The van der Waals surface area contributed by atoms with E-state index < -0.39 is 23.3 Å². The maximum absolute atomic E-state index is 15.8. The van der Waals surface area contributed by atoms with Gasteiger partial charge in [-0.1, -0.05) is 41.4 Å². The van der Waals surface area contributed by atoms with Gasteiger partial charge in [-0.05, 0) is 44.0 Å². The molecule has 45 heavy (non-hydrogen) atoms. The van der Waals surface area contributed by atoms with E-state index in [1.54, 1.807) is 37.3 Å². The van der Waals surface area contributed by atoms with E-state index in [0.717, 1.165) is 18.5 Å². The summed E-state index contributed by atoms with van der Waals surface area (Å²) < 4.78 is 32.7. The summed E-state index contributed by atoms with van der Waals surface area (Å²) in [5, 5.41) is 10.5. The number of aliphatic hydroxyl groups is 1. The number of para-hydroxylation sites is 1. The Hall–Kier alpha value is -3.57. The molecule has 4 aliphatic rings. The standard InChI is InChI=1S/C33H32Cl2FN3O6/c1-33(42)15-38(16-33)21-8-25(34)29(26(35)9-21)31(40)37-12-18-4-3-5-22(30(18)45-17-37)23-11-28(24(10-27(23)36)32(41)43-2)39-19-6-7-20(39)14-44-13-19/h3-5,8-11,19-20,42H,6-7,12-17H2,1-2H3. The number of esters is 1. The molecule has 3 aromatic rings. The SMILES string of the molecule is COC(=O)c1cc(F)c(-c2cccc3c2OCN(C(=O)c2c(Cl)cc(N4CC(C)(O)C4)cc2Cl)C3)cc1N1C2CCC1COC2. The minimum Gasteiger partial charge on any atom is -0.472 e. The number of amides is 1. The molecule has 0 saturated carbocycles. The van der Waals surface area contributed by atoms with E-state index in [9.17, 15) is 14.7 Å². The van der Waals surface area contributed by atoms with E-state index in [1.165, 1.54) is 18.1 Å². The Morgan fingerprint density at radius 2 is 1.73 bits per heavy atom. The van der Waals surface area contributed by atoms with Crippen molar-refractivity contribution in [2.45, 2.75) is 44.0 Å². The number of morpholine rings is 1. The third-order valence-electron chi connectivity index (χ3n) is 9.08. The van der Waals surface area contributed by atoms with Crippen LogP contribution in [-0.4, -0.2) is 79.7 Å². The number of methoxy groups -OCH3 is 1. The van der Waals surface area contributed by atoms with Crippen LogP contribution in [0.2, 0.25) is 10.0 Å². The topological polar surface area (TPSA) is 91.8 Å². The minimum atomic E-state index is -0.777. The maximum Gasteiger partial charge on any atom is 0.340 e. The van der Waals surface area contributed by atoms with Crippen LogP contribution in [0.3, 0.4) is 0 Å². The molecule has 1 amide bonds. The van der Waals surface area contributed by atoms with Crippen LogP contribution >= 0.6 is 23.2 Å². The van der Waals surface area contributed by atoms with Crippen molar-refractivity contribution in [1.29, 1.82) is 0 Å². The predicted molar refractivity (Wildman–Crippen MR) is 168 cm³/mol. The average Bonchev–Trinajstić information content (AvgIpc) is 3.25. The third kappa shape index (κ3) is 5.27. The number of ether oxygens (including phenoxy) is 3. The molecule has 4 heterocycles. The van der Waals surface area contributed by atoms with Gasteiger partial charge in [-0.2, -0.15) is 0 Å². The number of hydrogen-bond acceptors (Lipinski definition) is 8. The van der Waals surface area contributed by atoms with Crippen molar-refractivity contribution in [3.8, 4) is 16.9 Å². The molecule has 2 bridgehead atoms. The highest BCUT2D eigenvalue weighted by Crippen LogP contribution is 2.44. The molecule has 0 aromatic heterocycles. The van der Waals surface area contributed by atoms with Crippen LogP contribution in [0, 0.1) is 5.82 Å². The Morgan fingerprint density at radius 3 is 2.38 bits per heavy atom. The van der Waals surface area contributed by atoms with Crippen LogP contribution < -0.4 is 14.5 Å². The van der Waals surface area contributed by atoms with Gasteiger partial charge in [0.15, 0.2) is 6.73 Å². The summed E-state index contributed by atoms with van der Waals surface area (Å²) in [6.45, 7) is 3.79. The molecular weight excluding hydrogens is 624 g/mol. The molecule has 3 aromatic carbocycles. The largest absolute Gasteiger partial charge is 0.472 e. The second-order valence-electron chi connectivity index (χ2n) is 12.4. The zero-order valence-electron chi connectivity index (χ0n) is 24.8. The average molecular weight is 657 g/mol. The molecule has 3 saturated heterocycles. The van der Waals surface area contributed by atoms with Crippen LogP contribution in [0.4, 0.5) is 15.8 Å². The first-order valence-corrected chi connectivity index (χ1v) is 15.6. The zero-order chi connectivity index (χ0) is 31.6. The summed E-state index contributed by atoms with van der Waals surface area (Å²) in [5.74, 6) is -1.14. The number of β-amino-alcohol motifs (C(OH)–C–C–N with tert-alkyl or cyclic N) is 1. The Morgan fingerprint density at radius 1 is 1.04 bits per heavy atom. The zero-order valence-corrected chi connectivity index (χ0v) is 26.3. The van der Waals surface area contributed by atoms with Crippen molar-refractivity contribution in [3.63, 3.8) is 0 Å². The lowest BCUT2D eigenvalue weighted by atomic mass is 9.96. The summed E-state index contributed by atoms with van der Waals surface area (Å²) in [7, 11) is 1.28. The molecule has 1 N–H and O–H groups in total. The van der Waals surface area contributed by atoms with E-state index in [1.807, 2.05) is 11.0 Å². The van der Waals surface area contributed by atoms with Crippen LogP contribution in [0.1, 0.15) is 46.0 Å². The second kappa shape index (κ2) is 11.3. The molecule has 3 fully saturated rings. The van der Waals surface area contributed by atoms with Gasteiger partial charge in [0.25, 0.3) is 5.91 Å². The number of anilines is 2. The number of benzene rings is 3. The molecule has 4 aliphatic heterocycles. The summed E-state index contributed by atoms with van der Waals surface area (Å²) in [6, 6.07) is 11.8. The minimum absolute atomic E-state index is 0.0828. The van der Waals surface area contributed by atoms with Crippen molar-refractivity contribution in [2.24, 2.45) is 0 Å². The first-order chi connectivity index (χ1) is 21.5. The lowest BCUT2D eigenvalue weighted by molar-refractivity contribution is 0.0310. The van der Waals surface area contributed by atoms with Gasteiger partial charge < -0.3 is 34.0 Å². The van der Waals surface area contributed by atoms with Crippen LogP contribution in [-0.2, 0) is 16.0 Å². The number of carbonyl (C=O) groups excluding carboxylic acids is 2.